The fraction of sp³-hybridized carbons (Fsp3) is 0.250. The number of carbonyl (C=O) groups excluding carboxylic acids is 1. The Hall–Kier alpha value is -1.96. The molecule has 0 saturated heterocycles. The van der Waals surface area contributed by atoms with E-state index in [2.05, 4.69) is 36.3 Å². The summed E-state index contributed by atoms with van der Waals surface area (Å²) in [6.07, 6.45) is 0. The Morgan fingerprint density at radius 2 is 1.89 bits per heavy atom. The molecule has 0 fully saturated rings. The Morgan fingerprint density at radius 1 is 1.19 bits per heavy atom. The minimum Gasteiger partial charge on any atom is -0.341 e. The molecule has 2 aromatic carbocycles. The Morgan fingerprint density at radius 3 is 2.59 bits per heavy atom. The number of nitrogens with zero attached hydrogens (tertiary/aromatic N) is 3. The van der Waals surface area contributed by atoms with Crippen molar-refractivity contribution in [1.29, 1.82) is 0 Å². The van der Waals surface area contributed by atoms with Gasteiger partial charge in [-0.15, -0.1) is 5.10 Å². The molecule has 0 aliphatic rings. The van der Waals surface area contributed by atoms with Gasteiger partial charge in [0.1, 0.15) is 0 Å². The average Bonchev–Trinajstić information content (AvgIpc) is 3.02. The smallest absolute Gasteiger partial charge is 0.233 e. The van der Waals surface area contributed by atoms with E-state index in [1.165, 1.54) is 28.7 Å². The molecule has 1 heterocycles. The largest absolute Gasteiger partial charge is 0.341 e. The number of amides is 1. The van der Waals surface area contributed by atoms with Gasteiger partial charge in [-0.1, -0.05) is 71.1 Å². The van der Waals surface area contributed by atoms with Crippen LogP contribution in [0.25, 0.3) is 5.69 Å². The molecular formula is C20H21N3OS3. The molecule has 0 spiro atoms. The van der Waals surface area contributed by atoms with Crippen molar-refractivity contribution in [3.05, 3.63) is 69.2 Å². The summed E-state index contributed by atoms with van der Waals surface area (Å²) in [6.45, 7) is 4.69. The van der Waals surface area contributed by atoms with Gasteiger partial charge in [0.15, 0.2) is 8.29 Å². The molecule has 0 bridgehead atoms. The first kappa shape index (κ1) is 19.8. The number of aromatic nitrogens is 2. The van der Waals surface area contributed by atoms with Crippen LogP contribution in [0.1, 0.15) is 16.7 Å². The van der Waals surface area contributed by atoms with Gasteiger partial charge in [-0.05, 0) is 43.3 Å². The van der Waals surface area contributed by atoms with Crippen molar-refractivity contribution in [3.8, 4) is 5.69 Å². The third-order valence-electron chi connectivity index (χ3n) is 4.16. The van der Waals surface area contributed by atoms with E-state index >= 15 is 0 Å². The number of thioether (sulfide) groups is 1. The topological polar surface area (TPSA) is 38.1 Å². The van der Waals surface area contributed by atoms with Crippen LogP contribution in [0.3, 0.4) is 0 Å². The Balaban J connectivity index is 1.62. The molecule has 0 atom stereocenters. The molecule has 0 N–H and O–H groups in total. The second kappa shape index (κ2) is 8.82. The summed E-state index contributed by atoms with van der Waals surface area (Å²) in [7, 11) is 1.83. The Kier molecular flexibility index (Phi) is 6.46. The molecule has 7 heteroatoms. The Bertz CT molecular complexity index is 992. The molecule has 0 radical (unpaired) electrons. The standard InChI is InChI=1S/C20H21N3OS3/c1-14-8-10-16(11-9-14)12-22(3)18(24)13-26-19-21-23(20(25)27-19)17-7-5-4-6-15(17)2/h4-11H,12-13H2,1-3H3. The predicted octanol–water partition coefficient (Wildman–Crippen LogP) is 5.03. The molecule has 0 aliphatic heterocycles. The minimum atomic E-state index is 0.0733. The monoisotopic (exact) mass is 415 g/mol. The lowest BCUT2D eigenvalue weighted by molar-refractivity contribution is -0.127. The zero-order chi connectivity index (χ0) is 19.4. The molecule has 0 unspecified atom stereocenters. The van der Waals surface area contributed by atoms with Gasteiger partial charge < -0.3 is 4.90 Å². The van der Waals surface area contributed by atoms with Crippen molar-refractivity contribution in [1.82, 2.24) is 14.7 Å². The first-order valence-corrected chi connectivity index (χ1v) is 10.7. The maximum atomic E-state index is 12.5. The van der Waals surface area contributed by atoms with Crippen LogP contribution >= 0.6 is 35.3 Å². The lowest BCUT2D eigenvalue weighted by Crippen LogP contribution is -2.27. The second-order valence-corrected chi connectivity index (χ2v) is 9.20. The lowest BCUT2D eigenvalue weighted by Gasteiger charge is -2.16. The van der Waals surface area contributed by atoms with Crippen LogP contribution in [0.15, 0.2) is 52.9 Å². The molecule has 1 amide bonds. The third kappa shape index (κ3) is 5.06. The van der Waals surface area contributed by atoms with Crippen molar-refractivity contribution in [2.75, 3.05) is 12.8 Å². The number of aryl methyl sites for hydroxylation is 2. The van der Waals surface area contributed by atoms with Crippen LogP contribution in [0.4, 0.5) is 0 Å². The van der Waals surface area contributed by atoms with Gasteiger partial charge in [-0.3, -0.25) is 4.79 Å². The highest BCUT2D eigenvalue weighted by atomic mass is 32.2. The normalized spacial score (nSPS) is 10.8. The fourth-order valence-corrected chi connectivity index (χ4v) is 4.85. The number of hydrogen-bond donors (Lipinski definition) is 0. The fourth-order valence-electron chi connectivity index (χ4n) is 2.56. The number of carbonyl (C=O) groups is 1. The van der Waals surface area contributed by atoms with Crippen molar-refractivity contribution in [2.24, 2.45) is 0 Å². The summed E-state index contributed by atoms with van der Waals surface area (Å²) in [5.41, 5.74) is 4.44. The maximum absolute atomic E-state index is 12.5. The first-order valence-electron chi connectivity index (χ1n) is 8.52. The number of rotatable bonds is 6. The van der Waals surface area contributed by atoms with E-state index in [1.807, 2.05) is 38.2 Å². The van der Waals surface area contributed by atoms with Crippen molar-refractivity contribution < 1.29 is 4.79 Å². The van der Waals surface area contributed by atoms with Gasteiger partial charge in [-0.2, -0.15) is 0 Å². The molecule has 27 heavy (non-hydrogen) atoms. The summed E-state index contributed by atoms with van der Waals surface area (Å²) in [6, 6.07) is 16.2. The SMILES string of the molecule is Cc1ccc(CN(C)C(=O)CSc2nn(-c3ccccc3C)c(=S)s2)cc1. The number of para-hydroxylation sites is 1. The highest BCUT2D eigenvalue weighted by molar-refractivity contribution is 8.01. The molecule has 0 aliphatic carbocycles. The predicted molar refractivity (Wildman–Crippen MR) is 115 cm³/mol. The van der Waals surface area contributed by atoms with E-state index in [9.17, 15) is 4.79 Å². The molecule has 0 saturated carbocycles. The summed E-state index contributed by atoms with van der Waals surface area (Å²) in [4.78, 5) is 14.2. The third-order valence-corrected chi connectivity index (χ3v) is 6.51. The second-order valence-electron chi connectivity index (χ2n) is 6.36. The Labute approximate surface area is 172 Å². The zero-order valence-corrected chi connectivity index (χ0v) is 18.0. The minimum absolute atomic E-state index is 0.0733. The summed E-state index contributed by atoms with van der Waals surface area (Å²) in [5.74, 6) is 0.419. The van der Waals surface area contributed by atoms with Gasteiger partial charge in [0, 0.05) is 13.6 Å². The van der Waals surface area contributed by atoms with Gasteiger partial charge >= 0.3 is 0 Å². The van der Waals surface area contributed by atoms with Gasteiger partial charge in [0.25, 0.3) is 0 Å². The molecule has 3 aromatic rings. The van der Waals surface area contributed by atoms with Crippen LogP contribution in [-0.2, 0) is 11.3 Å². The van der Waals surface area contributed by atoms with Crippen molar-refractivity contribution in [3.63, 3.8) is 0 Å². The van der Waals surface area contributed by atoms with E-state index in [0.29, 0.717) is 16.3 Å². The summed E-state index contributed by atoms with van der Waals surface area (Å²) in [5, 5.41) is 4.59. The highest BCUT2D eigenvalue weighted by Gasteiger charge is 2.13. The molecule has 140 valence electrons. The van der Waals surface area contributed by atoms with E-state index in [0.717, 1.165) is 21.2 Å². The van der Waals surface area contributed by atoms with Gasteiger partial charge in [0.2, 0.25) is 5.91 Å². The van der Waals surface area contributed by atoms with Crippen LogP contribution < -0.4 is 0 Å². The van der Waals surface area contributed by atoms with Crippen molar-refractivity contribution in [2.45, 2.75) is 24.7 Å². The van der Waals surface area contributed by atoms with E-state index in [4.69, 9.17) is 12.2 Å². The van der Waals surface area contributed by atoms with E-state index < -0.39 is 0 Å². The van der Waals surface area contributed by atoms with Crippen LogP contribution in [0.2, 0.25) is 0 Å². The summed E-state index contributed by atoms with van der Waals surface area (Å²) >= 11 is 8.32. The average molecular weight is 416 g/mol. The zero-order valence-electron chi connectivity index (χ0n) is 15.5. The van der Waals surface area contributed by atoms with E-state index in [1.54, 1.807) is 9.58 Å². The van der Waals surface area contributed by atoms with Crippen LogP contribution in [-0.4, -0.2) is 33.4 Å². The van der Waals surface area contributed by atoms with Gasteiger partial charge in [0.05, 0.1) is 11.4 Å². The van der Waals surface area contributed by atoms with Crippen LogP contribution in [0.5, 0.6) is 0 Å². The maximum Gasteiger partial charge on any atom is 0.233 e. The van der Waals surface area contributed by atoms with Crippen LogP contribution in [0, 0.1) is 17.8 Å². The highest BCUT2D eigenvalue weighted by Crippen LogP contribution is 2.25. The first-order chi connectivity index (χ1) is 12.9. The van der Waals surface area contributed by atoms with Crippen molar-refractivity contribution >= 4 is 41.2 Å². The molecule has 1 aromatic heterocycles. The number of benzene rings is 2. The van der Waals surface area contributed by atoms with Gasteiger partial charge in [-0.25, -0.2) is 4.68 Å². The molecular weight excluding hydrogens is 394 g/mol. The summed E-state index contributed by atoms with van der Waals surface area (Å²) < 4.78 is 3.27. The quantitative estimate of drug-likeness (QED) is 0.418. The lowest BCUT2D eigenvalue weighted by atomic mass is 10.1. The van der Waals surface area contributed by atoms with E-state index in [-0.39, 0.29) is 5.91 Å². The molecule has 4 nitrogen and oxygen atoms in total. The molecule has 3 rings (SSSR count). The number of hydrogen-bond acceptors (Lipinski definition) is 5.